The summed E-state index contributed by atoms with van der Waals surface area (Å²) in [5.74, 6) is 0.744. The van der Waals surface area contributed by atoms with E-state index in [9.17, 15) is 4.79 Å². The normalized spacial score (nSPS) is 16.5. The molecule has 2 rings (SSSR count). The molecule has 0 unspecified atom stereocenters. The Balaban J connectivity index is 1.94. The minimum Gasteiger partial charge on any atom is -0.332 e. The van der Waals surface area contributed by atoms with Gasteiger partial charge in [0.25, 0.3) is 0 Å². The number of nitrogens with zero attached hydrogens (tertiary/aromatic N) is 4. The van der Waals surface area contributed by atoms with Crippen LogP contribution in [0.5, 0.6) is 0 Å². The first-order chi connectivity index (χ1) is 11.0. The van der Waals surface area contributed by atoms with Crippen molar-refractivity contribution < 1.29 is 4.79 Å². The van der Waals surface area contributed by atoms with Crippen molar-refractivity contribution in [3.63, 3.8) is 0 Å². The molecule has 0 saturated carbocycles. The van der Waals surface area contributed by atoms with E-state index < -0.39 is 0 Å². The van der Waals surface area contributed by atoms with Crippen LogP contribution < -0.4 is 5.32 Å². The summed E-state index contributed by atoms with van der Waals surface area (Å²) >= 11 is 0. The molecule has 130 valence electrons. The lowest BCUT2D eigenvalue weighted by Crippen LogP contribution is -2.34. The summed E-state index contributed by atoms with van der Waals surface area (Å²) in [6, 6.07) is 2.06. The van der Waals surface area contributed by atoms with Gasteiger partial charge in [-0.2, -0.15) is 5.10 Å². The van der Waals surface area contributed by atoms with Gasteiger partial charge in [-0.3, -0.25) is 9.58 Å². The van der Waals surface area contributed by atoms with E-state index in [1.807, 2.05) is 0 Å². The maximum absolute atomic E-state index is 11.6. The van der Waals surface area contributed by atoms with Crippen LogP contribution in [-0.4, -0.2) is 52.8 Å². The SMILES string of the molecule is CCC[C@@H](C)CN1CCCn2nc(CNC(=O)N(C)C)cc2C1. The van der Waals surface area contributed by atoms with Gasteiger partial charge in [0.05, 0.1) is 17.9 Å². The summed E-state index contributed by atoms with van der Waals surface area (Å²) in [6.45, 7) is 9.31. The molecule has 2 heterocycles. The first-order valence-electron chi connectivity index (χ1n) is 8.72. The number of nitrogens with one attached hydrogen (secondary N) is 1. The number of fused-ring (bicyclic) bond motifs is 1. The highest BCUT2D eigenvalue weighted by Crippen LogP contribution is 2.16. The quantitative estimate of drug-likeness (QED) is 0.875. The van der Waals surface area contributed by atoms with Crippen LogP contribution in [0, 0.1) is 5.92 Å². The second kappa shape index (κ2) is 8.34. The maximum atomic E-state index is 11.6. The van der Waals surface area contributed by atoms with Gasteiger partial charge in [0, 0.05) is 40.3 Å². The number of aryl methyl sites for hydroxylation is 1. The lowest BCUT2D eigenvalue weighted by atomic mass is 10.1. The van der Waals surface area contributed by atoms with Crippen LogP contribution >= 0.6 is 0 Å². The Morgan fingerprint density at radius 3 is 2.91 bits per heavy atom. The molecule has 0 aliphatic carbocycles. The zero-order chi connectivity index (χ0) is 16.8. The Kier molecular flexibility index (Phi) is 6.45. The summed E-state index contributed by atoms with van der Waals surface area (Å²) in [4.78, 5) is 15.7. The number of carbonyl (C=O) groups is 1. The van der Waals surface area contributed by atoms with Crippen molar-refractivity contribution in [1.82, 2.24) is 24.9 Å². The lowest BCUT2D eigenvalue weighted by molar-refractivity contribution is 0.217. The molecule has 0 aromatic carbocycles. The van der Waals surface area contributed by atoms with Gasteiger partial charge < -0.3 is 10.2 Å². The Morgan fingerprint density at radius 2 is 2.22 bits per heavy atom. The summed E-state index contributed by atoms with van der Waals surface area (Å²) in [6.07, 6.45) is 3.68. The lowest BCUT2D eigenvalue weighted by Gasteiger charge is -2.23. The monoisotopic (exact) mass is 321 g/mol. The molecule has 23 heavy (non-hydrogen) atoms. The van der Waals surface area contributed by atoms with Crippen LogP contribution in [0.25, 0.3) is 0 Å². The molecule has 0 saturated heterocycles. The number of rotatable bonds is 6. The van der Waals surface area contributed by atoms with E-state index in [2.05, 4.69) is 39.9 Å². The van der Waals surface area contributed by atoms with E-state index in [-0.39, 0.29) is 6.03 Å². The molecule has 2 amide bonds. The average Bonchev–Trinajstić information content (AvgIpc) is 2.77. The predicted octanol–water partition coefficient (Wildman–Crippen LogP) is 2.30. The van der Waals surface area contributed by atoms with Crippen molar-refractivity contribution in [3.8, 4) is 0 Å². The summed E-state index contributed by atoms with van der Waals surface area (Å²) in [5, 5.41) is 7.53. The second-order valence-corrected chi connectivity index (χ2v) is 6.89. The van der Waals surface area contributed by atoms with Gasteiger partial charge in [-0.15, -0.1) is 0 Å². The third-order valence-electron chi connectivity index (χ3n) is 4.32. The van der Waals surface area contributed by atoms with Crippen molar-refractivity contribution in [2.24, 2.45) is 5.92 Å². The zero-order valence-electron chi connectivity index (χ0n) is 15.0. The van der Waals surface area contributed by atoms with E-state index in [1.54, 1.807) is 14.1 Å². The first kappa shape index (κ1) is 17.8. The fraction of sp³-hybridized carbons (Fsp3) is 0.765. The highest BCUT2D eigenvalue weighted by atomic mass is 16.2. The fourth-order valence-electron chi connectivity index (χ4n) is 3.18. The first-order valence-corrected chi connectivity index (χ1v) is 8.72. The van der Waals surface area contributed by atoms with Crippen LogP contribution in [0.4, 0.5) is 4.79 Å². The van der Waals surface area contributed by atoms with Gasteiger partial charge in [0.15, 0.2) is 0 Å². The van der Waals surface area contributed by atoms with Crippen LogP contribution in [0.2, 0.25) is 0 Å². The highest BCUT2D eigenvalue weighted by molar-refractivity contribution is 5.73. The molecule has 6 heteroatoms. The van der Waals surface area contributed by atoms with E-state index in [4.69, 9.17) is 0 Å². The molecule has 1 atom stereocenters. The number of aromatic nitrogens is 2. The predicted molar refractivity (Wildman–Crippen MR) is 92.1 cm³/mol. The molecule has 1 aromatic heterocycles. The number of urea groups is 1. The highest BCUT2D eigenvalue weighted by Gasteiger charge is 2.18. The molecule has 1 N–H and O–H groups in total. The zero-order valence-corrected chi connectivity index (χ0v) is 15.0. The Labute approximate surface area is 139 Å². The van der Waals surface area contributed by atoms with Gasteiger partial charge in [0.1, 0.15) is 0 Å². The molecular formula is C17H31N5O. The molecule has 6 nitrogen and oxygen atoms in total. The summed E-state index contributed by atoms with van der Waals surface area (Å²) in [7, 11) is 3.49. The number of amides is 2. The summed E-state index contributed by atoms with van der Waals surface area (Å²) in [5.41, 5.74) is 2.21. The third-order valence-corrected chi connectivity index (χ3v) is 4.32. The van der Waals surface area contributed by atoms with Crippen molar-refractivity contribution in [1.29, 1.82) is 0 Å². The third kappa shape index (κ3) is 5.23. The Morgan fingerprint density at radius 1 is 1.43 bits per heavy atom. The maximum Gasteiger partial charge on any atom is 0.317 e. The number of hydrogen-bond acceptors (Lipinski definition) is 3. The minimum absolute atomic E-state index is 0.0804. The molecule has 0 radical (unpaired) electrons. The van der Waals surface area contributed by atoms with E-state index in [1.165, 1.54) is 23.4 Å². The van der Waals surface area contributed by atoms with E-state index in [0.29, 0.717) is 6.54 Å². The number of carbonyl (C=O) groups excluding carboxylic acids is 1. The topological polar surface area (TPSA) is 53.4 Å². The van der Waals surface area contributed by atoms with Crippen molar-refractivity contribution in [3.05, 3.63) is 17.5 Å². The molecule has 0 spiro atoms. The molecule has 0 fully saturated rings. The molecular weight excluding hydrogens is 290 g/mol. The van der Waals surface area contributed by atoms with Gasteiger partial charge >= 0.3 is 6.03 Å². The minimum atomic E-state index is -0.0804. The van der Waals surface area contributed by atoms with Gasteiger partial charge in [-0.25, -0.2) is 4.79 Å². The standard InChI is InChI=1S/C17H31N5O/c1-5-7-14(2)12-21-8-6-9-22-16(13-21)10-15(19-22)11-18-17(23)20(3)4/h10,14H,5-9,11-13H2,1-4H3,(H,18,23)/t14-/m1/s1. The van der Waals surface area contributed by atoms with Gasteiger partial charge in [0.2, 0.25) is 0 Å². The van der Waals surface area contributed by atoms with Crippen LogP contribution in [0.3, 0.4) is 0 Å². The molecule has 0 bridgehead atoms. The average molecular weight is 321 g/mol. The number of hydrogen-bond donors (Lipinski definition) is 1. The molecule has 1 aliphatic heterocycles. The van der Waals surface area contributed by atoms with Crippen molar-refractivity contribution >= 4 is 6.03 Å². The van der Waals surface area contributed by atoms with E-state index >= 15 is 0 Å². The van der Waals surface area contributed by atoms with Crippen molar-refractivity contribution in [2.45, 2.75) is 52.7 Å². The van der Waals surface area contributed by atoms with Crippen LogP contribution in [0.1, 0.15) is 44.5 Å². The smallest absolute Gasteiger partial charge is 0.317 e. The summed E-state index contributed by atoms with van der Waals surface area (Å²) < 4.78 is 2.11. The Bertz CT molecular complexity index is 511. The van der Waals surface area contributed by atoms with Crippen LogP contribution in [-0.2, 0) is 19.6 Å². The second-order valence-electron chi connectivity index (χ2n) is 6.89. The Hall–Kier alpha value is -1.56. The molecule has 1 aromatic rings. The van der Waals surface area contributed by atoms with E-state index in [0.717, 1.165) is 44.2 Å². The van der Waals surface area contributed by atoms with Gasteiger partial charge in [-0.05, 0) is 24.8 Å². The fourth-order valence-corrected chi connectivity index (χ4v) is 3.18. The van der Waals surface area contributed by atoms with Crippen LogP contribution in [0.15, 0.2) is 6.07 Å². The van der Waals surface area contributed by atoms with Gasteiger partial charge in [-0.1, -0.05) is 20.3 Å². The largest absolute Gasteiger partial charge is 0.332 e. The van der Waals surface area contributed by atoms with Crippen molar-refractivity contribution in [2.75, 3.05) is 27.2 Å². The molecule has 1 aliphatic rings.